The Morgan fingerprint density at radius 3 is 2.25 bits per heavy atom. The van der Waals surface area contributed by atoms with Crippen LogP contribution in [0.15, 0.2) is 6.07 Å². The predicted octanol–water partition coefficient (Wildman–Crippen LogP) is 1.31. The standard InChI is InChI=1S/C5H5N2O.2CH3.W.Y/c1-4(8)5-2-3-6-7-5;;;;/h2H,1H3,(H,6,7);2*1H3;;/q3*-1;+2;. The molecule has 3 nitrogen and oxygen atoms in total. The van der Waals surface area contributed by atoms with Crippen molar-refractivity contribution in [3.8, 4) is 0 Å². The molecule has 5 heteroatoms. The Bertz CT molecular complexity index is 189. The summed E-state index contributed by atoms with van der Waals surface area (Å²) in [6.45, 7) is 1.46. The smallest absolute Gasteiger partial charge is 0.389 e. The fourth-order valence-corrected chi connectivity index (χ4v) is 0.406. The first-order valence-corrected chi connectivity index (χ1v) is 2.23. The molecule has 0 spiro atoms. The van der Waals surface area contributed by atoms with Crippen LogP contribution in [0, 0.1) is 21.1 Å². The van der Waals surface area contributed by atoms with Gasteiger partial charge >= 0.3 is 21.1 Å². The van der Waals surface area contributed by atoms with Gasteiger partial charge in [0.1, 0.15) is 0 Å². The minimum Gasteiger partial charge on any atom is -0.389 e. The van der Waals surface area contributed by atoms with Crippen molar-refractivity contribution in [3.63, 3.8) is 0 Å². The number of H-pyrrole nitrogens is 1. The number of carbonyl (C=O) groups is 1. The largest absolute Gasteiger partial charge is 2.00 e. The molecule has 0 aromatic carbocycles. The van der Waals surface area contributed by atoms with Gasteiger partial charge < -0.3 is 24.7 Å². The van der Waals surface area contributed by atoms with Gasteiger partial charge in [-0.15, -0.1) is 0 Å². The van der Waals surface area contributed by atoms with Gasteiger partial charge in [-0.25, -0.2) is 0 Å². The molecule has 0 aliphatic carbocycles. The van der Waals surface area contributed by atoms with Crippen LogP contribution in [0.4, 0.5) is 0 Å². The maximum atomic E-state index is 10.4. The van der Waals surface area contributed by atoms with E-state index in [0.717, 1.165) is 0 Å². The molecule has 0 aliphatic heterocycles. The SMILES string of the molecule is CC(=O)c1c[c-][nH]n1.[CH3-].[CH3-].[W+2].[Y]. The molecule has 1 heterocycles. The molecule has 0 bridgehead atoms. The Labute approximate surface area is 113 Å². The first-order chi connectivity index (χ1) is 3.80. The molecule has 0 atom stereocenters. The fourth-order valence-electron chi connectivity index (χ4n) is 0.406. The van der Waals surface area contributed by atoms with Gasteiger partial charge in [-0.05, 0) is 12.6 Å². The fraction of sp³-hybridized carbons (Fsp3) is 0.143. The molecular formula is C7H11N2OWY-. The summed E-state index contributed by atoms with van der Waals surface area (Å²) in [6.07, 6.45) is 2.55. The van der Waals surface area contributed by atoms with Crippen LogP contribution in [-0.2, 0) is 53.8 Å². The average molecular weight is 412 g/mol. The van der Waals surface area contributed by atoms with Gasteiger partial charge in [0.15, 0.2) is 0 Å². The minimum absolute atomic E-state index is 0. The molecule has 0 saturated carbocycles. The zero-order valence-electron chi connectivity index (χ0n) is 7.42. The molecule has 65 valence electrons. The number of nitrogens with one attached hydrogen (secondary N) is 1. The van der Waals surface area contributed by atoms with Gasteiger partial charge in [-0.1, -0.05) is 0 Å². The number of nitrogens with zero attached hydrogens (tertiary/aromatic N) is 1. The number of hydrogen-bond donors (Lipinski definition) is 1. The second-order valence-corrected chi connectivity index (χ2v) is 1.45. The second-order valence-electron chi connectivity index (χ2n) is 1.45. The van der Waals surface area contributed by atoms with E-state index in [1.165, 1.54) is 13.0 Å². The third kappa shape index (κ3) is 7.33. The first kappa shape index (κ1) is 23.0. The van der Waals surface area contributed by atoms with E-state index in [0.29, 0.717) is 5.69 Å². The Hall–Kier alpha value is 0.672. The van der Waals surface area contributed by atoms with Crippen LogP contribution < -0.4 is 0 Å². The number of hydrogen-bond acceptors (Lipinski definition) is 2. The molecule has 12 heavy (non-hydrogen) atoms. The molecule has 0 aliphatic rings. The van der Waals surface area contributed by atoms with Crippen molar-refractivity contribution in [1.82, 2.24) is 10.2 Å². The molecule has 1 N–H and O–H groups in total. The number of ketones is 1. The number of aromatic nitrogens is 2. The van der Waals surface area contributed by atoms with Crippen LogP contribution in [-0.4, -0.2) is 16.0 Å². The number of Topliss-reactive ketones (excluding diaryl/α,β-unsaturated/α-hetero) is 1. The van der Waals surface area contributed by atoms with Crippen LogP contribution in [0.2, 0.25) is 0 Å². The summed E-state index contributed by atoms with van der Waals surface area (Å²) in [6, 6.07) is 1.52. The number of aromatic amines is 1. The monoisotopic (exact) mass is 412 g/mol. The van der Waals surface area contributed by atoms with Gasteiger partial charge in [0.05, 0.1) is 5.78 Å². The van der Waals surface area contributed by atoms with Gasteiger partial charge in [-0.3, -0.25) is 5.10 Å². The zero-order chi connectivity index (χ0) is 5.98. The Balaban J connectivity index is -0.0000000800. The van der Waals surface area contributed by atoms with Crippen LogP contribution in [0.1, 0.15) is 17.4 Å². The van der Waals surface area contributed by atoms with E-state index in [1.54, 1.807) is 0 Å². The van der Waals surface area contributed by atoms with Gasteiger partial charge in [0, 0.05) is 32.7 Å². The Kier molecular flexibility index (Phi) is 22.3. The molecule has 0 amide bonds. The summed E-state index contributed by atoms with van der Waals surface area (Å²) < 4.78 is 0. The molecule has 1 rings (SSSR count). The van der Waals surface area contributed by atoms with E-state index < -0.39 is 0 Å². The summed E-state index contributed by atoms with van der Waals surface area (Å²) in [5.74, 6) is -0.0394. The molecule has 0 fully saturated rings. The minimum atomic E-state index is -0.0394. The first-order valence-electron chi connectivity index (χ1n) is 2.23. The maximum absolute atomic E-state index is 10.4. The van der Waals surface area contributed by atoms with Gasteiger partial charge in [0.25, 0.3) is 0 Å². The van der Waals surface area contributed by atoms with E-state index in [1.807, 2.05) is 0 Å². The molecule has 1 aromatic rings. The van der Waals surface area contributed by atoms with Crippen molar-refractivity contribution >= 4 is 5.78 Å². The summed E-state index contributed by atoms with van der Waals surface area (Å²) in [5, 5.41) is 6.00. The second kappa shape index (κ2) is 11.7. The Morgan fingerprint density at radius 1 is 1.58 bits per heavy atom. The van der Waals surface area contributed by atoms with Gasteiger partial charge in [0.2, 0.25) is 0 Å². The third-order valence-corrected chi connectivity index (χ3v) is 0.811. The number of rotatable bonds is 1. The predicted molar refractivity (Wildman–Crippen MR) is 40.3 cm³/mol. The van der Waals surface area contributed by atoms with Crippen molar-refractivity contribution in [2.75, 3.05) is 0 Å². The van der Waals surface area contributed by atoms with Crippen molar-refractivity contribution in [3.05, 3.63) is 32.8 Å². The van der Waals surface area contributed by atoms with Crippen molar-refractivity contribution in [2.24, 2.45) is 0 Å². The quantitative estimate of drug-likeness (QED) is 0.559. The summed E-state index contributed by atoms with van der Waals surface area (Å²) in [7, 11) is 0. The van der Waals surface area contributed by atoms with Gasteiger partial charge in [-0.2, -0.15) is 12.3 Å². The molecule has 1 aromatic heterocycles. The van der Waals surface area contributed by atoms with E-state index in [-0.39, 0.29) is 74.4 Å². The Morgan fingerprint density at radius 2 is 2.08 bits per heavy atom. The van der Waals surface area contributed by atoms with Crippen LogP contribution in [0.5, 0.6) is 0 Å². The summed E-state index contributed by atoms with van der Waals surface area (Å²) in [5.41, 5.74) is 0.435. The maximum Gasteiger partial charge on any atom is 2.00 e. The van der Waals surface area contributed by atoms with E-state index in [4.69, 9.17) is 0 Å². The van der Waals surface area contributed by atoms with Crippen molar-refractivity contribution in [1.29, 1.82) is 0 Å². The van der Waals surface area contributed by atoms with E-state index in [2.05, 4.69) is 16.4 Å². The van der Waals surface area contributed by atoms with Crippen molar-refractivity contribution < 1.29 is 58.6 Å². The van der Waals surface area contributed by atoms with Crippen LogP contribution >= 0.6 is 0 Å². The molecule has 0 unspecified atom stereocenters. The average Bonchev–Trinajstić information content (AvgIpc) is 2.12. The van der Waals surface area contributed by atoms with Crippen molar-refractivity contribution in [2.45, 2.75) is 6.92 Å². The topological polar surface area (TPSA) is 45.8 Å². The molecule has 0 saturated heterocycles. The normalized spacial score (nSPS) is 6.08. The summed E-state index contributed by atoms with van der Waals surface area (Å²) >= 11 is 0. The molecule has 1 radical (unpaired) electrons. The van der Waals surface area contributed by atoms with E-state index >= 15 is 0 Å². The number of carbonyl (C=O) groups excluding carboxylic acids is 1. The van der Waals surface area contributed by atoms with E-state index in [9.17, 15) is 4.79 Å². The van der Waals surface area contributed by atoms with Crippen LogP contribution in [0.3, 0.4) is 0 Å². The third-order valence-electron chi connectivity index (χ3n) is 0.811. The zero-order valence-corrected chi connectivity index (χ0v) is 13.2. The van der Waals surface area contributed by atoms with Crippen LogP contribution in [0.25, 0.3) is 0 Å². The summed E-state index contributed by atoms with van der Waals surface area (Å²) in [4.78, 5) is 10.4. The molecular weight excluding hydrogens is 401 g/mol.